The van der Waals surface area contributed by atoms with Crippen LogP contribution in [-0.4, -0.2) is 18.0 Å². The number of carbonyl (C=O) groups is 1. The molecule has 1 aliphatic carbocycles. The first kappa shape index (κ1) is 20.4. The Morgan fingerprint density at radius 1 is 1.22 bits per heavy atom. The summed E-state index contributed by atoms with van der Waals surface area (Å²) in [6.07, 6.45) is 3.92. The Balaban J connectivity index is 1.34. The molecule has 2 N–H and O–H groups in total. The van der Waals surface area contributed by atoms with E-state index in [0.29, 0.717) is 24.2 Å². The molecule has 0 saturated heterocycles. The van der Waals surface area contributed by atoms with Crippen molar-refractivity contribution < 1.29 is 13.9 Å². The van der Waals surface area contributed by atoms with E-state index in [-0.39, 0.29) is 17.6 Å². The SMILES string of the molecule is COc1cc2oc(=O)cc(C)c2cc1CCC(=O)N[C@H]1CCCc2c1[nH]c1ccccc21. The lowest BCUT2D eigenvalue weighted by atomic mass is 9.91. The molecule has 0 spiro atoms. The number of aromatic amines is 1. The van der Waals surface area contributed by atoms with Gasteiger partial charge < -0.3 is 19.5 Å². The molecule has 0 fully saturated rings. The Labute approximate surface area is 185 Å². The third kappa shape index (κ3) is 3.66. The van der Waals surface area contributed by atoms with Crippen LogP contribution in [-0.2, 0) is 17.6 Å². The quantitative estimate of drug-likeness (QED) is 0.449. The minimum Gasteiger partial charge on any atom is -0.496 e. The Hall–Kier alpha value is -3.54. The van der Waals surface area contributed by atoms with Gasteiger partial charge in [0.05, 0.1) is 13.2 Å². The molecule has 0 saturated carbocycles. The molecule has 164 valence electrons. The number of nitrogens with one attached hydrogen (secondary N) is 2. The maximum absolute atomic E-state index is 12.9. The number of hydrogen-bond donors (Lipinski definition) is 2. The Kier molecular flexibility index (Phi) is 5.21. The van der Waals surface area contributed by atoms with Crippen LogP contribution in [0.1, 0.15) is 47.7 Å². The molecule has 6 heteroatoms. The second-order valence-electron chi connectivity index (χ2n) is 8.48. The average Bonchev–Trinajstić information content (AvgIpc) is 3.17. The lowest BCUT2D eigenvalue weighted by Crippen LogP contribution is -2.31. The molecule has 6 nitrogen and oxygen atoms in total. The number of hydrogen-bond acceptors (Lipinski definition) is 4. The van der Waals surface area contributed by atoms with Gasteiger partial charge in [0, 0.05) is 40.5 Å². The van der Waals surface area contributed by atoms with Gasteiger partial charge in [0.15, 0.2) is 0 Å². The topological polar surface area (TPSA) is 84.3 Å². The van der Waals surface area contributed by atoms with Crippen molar-refractivity contribution in [2.75, 3.05) is 7.11 Å². The summed E-state index contributed by atoms with van der Waals surface area (Å²) in [5, 5.41) is 5.34. The highest BCUT2D eigenvalue weighted by Crippen LogP contribution is 2.35. The fourth-order valence-corrected chi connectivity index (χ4v) is 4.85. The van der Waals surface area contributed by atoms with Crippen molar-refractivity contribution in [2.45, 2.75) is 45.1 Å². The van der Waals surface area contributed by atoms with E-state index in [0.717, 1.165) is 47.0 Å². The van der Waals surface area contributed by atoms with Crippen molar-refractivity contribution in [1.29, 1.82) is 0 Å². The lowest BCUT2D eigenvalue weighted by Gasteiger charge is -2.24. The van der Waals surface area contributed by atoms with E-state index in [1.807, 2.05) is 19.1 Å². The molecule has 4 aromatic rings. The third-order valence-corrected chi connectivity index (χ3v) is 6.42. The van der Waals surface area contributed by atoms with Crippen LogP contribution < -0.4 is 15.7 Å². The number of amides is 1. The molecule has 1 aliphatic rings. The van der Waals surface area contributed by atoms with E-state index < -0.39 is 0 Å². The number of methoxy groups -OCH3 is 1. The summed E-state index contributed by atoms with van der Waals surface area (Å²) < 4.78 is 10.8. The Bertz CT molecular complexity index is 1380. The Morgan fingerprint density at radius 2 is 2.06 bits per heavy atom. The van der Waals surface area contributed by atoms with Crippen LogP contribution in [0.2, 0.25) is 0 Å². The molecule has 2 heterocycles. The van der Waals surface area contributed by atoms with Gasteiger partial charge in [-0.25, -0.2) is 4.79 Å². The predicted octanol–water partition coefficient (Wildman–Crippen LogP) is 4.72. The second-order valence-corrected chi connectivity index (χ2v) is 8.48. The van der Waals surface area contributed by atoms with Crippen LogP contribution in [0.4, 0.5) is 0 Å². The van der Waals surface area contributed by atoms with Crippen LogP contribution in [0.3, 0.4) is 0 Å². The van der Waals surface area contributed by atoms with Gasteiger partial charge in [-0.2, -0.15) is 0 Å². The monoisotopic (exact) mass is 430 g/mol. The van der Waals surface area contributed by atoms with Crippen molar-refractivity contribution in [3.8, 4) is 5.75 Å². The fraction of sp³-hybridized carbons (Fsp3) is 0.308. The lowest BCUT2D eigenvalue weighted by molar-refractivity contribution is -0.121. The molecule has 0 radical (unpaired) electrons. The van der Waals surface area contributed by atoms with Crippen molar-refractivity contribution in [3.63, 3.8) is 0 Å². The summed E-state index contributed by atoms with van der Waals surface area (Å²) in [5.74, 6) is 0.634. The predicted molar refractivity (Wildman–Crippen MR) is 124 cm³/mol. The number of aromatic nitrogens is 1. The van der Waals surface area contributed by atoms with Gasteiger partial charge in [-0.15, -0.1) is 0 Å². The molecule has 1 atom stereocenters. The van der Waals surface area contributed by atoms with E-state index >= 15 is 0 Å². The van der Waals surface area contributed by atoms with E-state index in [4.69, 9.17) is 9.15 Å². The van der Waals surface area contributed by atoms with Crippen molar-refractivity contribution in [3.05, 3.63) is 75.3 Å². The standard InChI is InChI=1S/C26H26N2O4/c1-15-12-25(30)32-23-14-22(31-2)16(13-19(15)23)10-11-24(29)27-21-9-5-7-18-17-6-3-4-8-20(17)28-26(18)21/h3-4,6,8,12-14,21,28H,5,7,9-11H2,1-2H3,(H,27,29)/t21-/m0/s1. The first-order valence-corrected chi connectivity index (χ1v) is 11.0. The minimum atomic E-state index is -0.381. The summed E-state index contributed by atoms with van der Waals surface area (Å²) in [6, 6.07) is 13.5. The molecule has 0 unspecified atom stereocenters. The van der Waals surface area contributed by atoms with Crippen LogP contribution in [0.25, 0.3) is 21.9 Å². The normalized spacial score (nSPS) is 15.6. The van der Waals surface area contributed by atoms with Gasteiger partial charge in [-0.3, -0.25) is 4.79 Å². The van der Waals surface area contributed by atoms with Crippen LogP contribution in [0.5, 0.6) is 5.75 Å². The van der Waals surface area contributed by atoms with E-state index in [1.54, 1.807) is 13.2 Å². The van der Waals surface area contributed by atoms with Gasteiger partial charge >= 0.3 is 5.63 Å². The fourth-order valence-electron chi connectivity index (χ4n) is 4.85. The number of rotatable bonds is 5. The number of carbonyl (C=O) groups excluding carboxylic acids is 1. The summed E-state index contributed by atoms with van der Waals surface area (Å²) in [6.45, 7) is 1.88. The van der Waals surface area contributed by atoms with Gasteiger partial charge in [-0.1, -0.05) is 18.2 Å². The zero-order valence-corrected chi connectivity index (χ0v) is 18.3. The van der Waals surface area contributed by atoms with Crippen molar-refractivity contribution in [2.24, 2.45) is 0 Å². The van der Waals surface area contributed by atoms with E-state index in [9.17, 15) is 9.59 Å². The molecule has 0 aliphatic heterocycles. The summed E-state index contributed by atoms with van der Waals surface area (Å²) in [4.78, 5) is 28.1. The molecule has 2 aromatic carbocycles. The molecule has 1 amide bonds. The number of fused-ring (bicyclic) bond motifs is 4. The smallest absolute Gasteiger partial charge is 0.336 e. The molecular formula is C26H26N2O4. The first-order valence-electron chi connectivity index (χ1n) is 11.0. The highest BCUT2D eigenvalue weighted by atomic mass is 16.5. The molecule has 0 bridgehead atoms. The summed E-state index contributed by atoms with van der Waals surface area (Å²) in [5.41, 5.74) is 5.47. The zero-order chi connectivity index (χ0) is 22.2. The summed E-state index contributed by atoms with van der Waals surface area (Å²) in [7, 11) is 1.58. The molecular weight excluding hydrogens is 404 g/mol. The van der Waals surface area contributed by atoms with E-state index in [2.05, 4.69) is 28.5 Å². The third-order valence-electron chi connectivity index (χ3n) is 6.42. The number of aryl methyl sites for hydroxylation is 3. The average molecular weight is 431 g/mol. The number of benzene rings is 2. The van der Waals surface area contributed by atoms with Crippen molar-refractivity contribution >= 4 is 27.8 Å². The van der Waals surface area contributed by atoms with Crippen LogP contribution in [0, 0.1) is 6.92 Å². The number of ether oxygens (including phenoxy) is 1. The number of para-hydroxylation sites is 1. The first-order chi connectivity index (χ1) is 15.5. The molecule has 2 aromatic heterocycles. The second kappa shape index (κ2) is 8.19. The molecule has 32 heavy (non-hydrogen) atoms. The number of H-pyrrole nitrogens is 1. The van der Waals surface area contributed by atoms with Gasteiger partial charge in [0.1, 0.15) is 11.3 Å². The highest BCUT2D eigenvalue weighted by molar-refractivity contribution is 5.86. The van der Waals surface area contributed by atoms with Crippen LogP contribution in [0.15, 0.2) is 51.7 Å². The maximum atomic E-state index is 12.9. The van der Waals surface area contributed by atoms with Crippen LogP contribution >= 0.6 is 0 Å². The largest absolute Gasteiger partial charge is 0.496 e. The Morgan fingerprint density at radius 3 is 2.91 bits per heavy atom. The zero-order valence-electron chi connectivity index (χ0n) is 18.3. The summed E-state index contributed by atoms with van der Waals surface area (Å²) >= 11 is 0. The van der Waals surface area contributed by atoms with Crippen molar-refractivity contribution in [1.82, 2.24) is 10.3 Å². The van der Waals surface area contributed by atoms with Gasteiger partial charge in [-0.05, 0) is 61.4 Å². The molecule has 5 rings (SSSR count). The van der Waals surface area contributed by atoms with E-state index in [1.165, 1.54) is 17.0 Å². The highest BCUT2D eigenvalue weighted by Gasteiger charge is 2.25. The minimum absolute atomic E-state index is 0.00803. The van der Waals surface area contributed by atoms with Gasteiger partial charge in [0.25, 0.3) is 0 Å². The van der Waals surface area contributed by atoms with Gasteiger partial charge in [0.2, 0.25) is 5.91 Å². The maximum Gasteiger partial charge on any atom is 0.336 e.